The maximum absolute atomic E-state index is 13.1. The number of benzene rings is 3. The number of aromatic hydroxyl groups is 1. The van der Waals surface area contributed by atoms with Gasteiger partial charge in [0.15, 0.2) is 0 Å². The number of piperidine rings is 2. The highest BCUT2D eigenvalue weighted by Crippen LogP contribution is 2.46. The Labute approximate surface area is 314 Å². The number of fused-ring (bicyclic) bond motifs is 2. The van der Waals surface area contributed by atoms with E-state index in [1.54, 1.807) is 4.90 Å². The molecule has 0 bridgehead atoms. The molecule has 3 atom stereocenters. The zero-order valence-corrected chi connectivity index (χ0v) is 31.7. The molecule has 0 aromatic heterocycles. The number of phenols is 1. The first kappa shape index (κ1) is 35.6. The molecule has 9 nitrogen and oxygen atoms in total. The number of rotatable bonds is 7. The molecular weight excluding hydrogens is 663 g/mol. The van der Waals surface area contributed by atoms with Crippen molar-refractivity contribution in [3.8, 4) is 5.75 Å². The van der Waals surface area contributed by atoms with E-state index in [-0.39, 0.29) is 29.6 Å². The van der Waals surface area contributed by atoms with Gasteiger partial charge < -0.3 is 19.8 Å². The highest BCUT2D eigenvalue weighted by molar-refractivity contribution is 6.05. The Balaban J connectivity index is 0.830. The molecule has 2 N–H and O–H groups in total. The molecule has 9 heteroatoms. The van der Waals surface area contributed by atoms with Crippen molar-refractivity contribution in [3.63, 3.8) is 0 Å². The Hall–Kier alpha value is -4.37. The number of nitrogens with one attached hydrogen (secondary N) is 1. The van der Waals surface area contributed by atoms with Crippen LogP contribution in [0.5, 0.6) is 5.75 Å². The molecule has 0 radical (unpaired) electrons. The Kier molecular flexibility index (Phi) is 9.73. The zero-order chi connectivity index (χ0) is 36.9. The number of amides is 3. The summed E-state index contributed by atoms with van der Waals surface area (Å²) >= 11 is 0. The molecule has 5 aliphatic rings. The van der Waals surface area contributed by atoms with Crippen molar-refractivity contribution in [2.75, 3.05) is 55.6 Å². The fourth-order valence-electron chi connectivity index (χ4n) is 9.91. The SMILES string of the molecule is CC(C)(C)C[C@@H]1CCc2cc(O)ccc2[C@@H]1c1ccc(N2CCC(CN3CCN(c4ccc5c(c4)CN([C@H]4CCC(=O)NC4=O)C5=O)CC3)CC2)cc1. The van der Waals surface area contributed by atoms with Gasteiger partial charge in [0.1, 0.15) is 11.8 Å². The van der Waals surface area contributed by atoms with Crippen molar-refractivity contribution in [2.24, 2.45) is 17.3 Å². The molecule has 3 saturated heterocycles. The Morgan fingerprint density at radius 3 is 2.19 bits per heavy atom. The van der Waals surface area contributed by atoms with Crippen LogP contribution in [0.4, 0.5) is 11.4 Å². The van der Waals surface area contributed by atoms with Crippen molar-refractivity contribution >= 4 is 29.1 Å². The number of piperazine rings is 1. The predicted molar refractivity (Wildman–Crippen MR) is 208 cm³/mol. The second-order valence-corrected chi connectivity index (χ2v) is 17.5. The molecule has 8 rings (SSSR count). The van der Waals surface area contributed by atoms with Gasteiger partial charge in [-0.1, -0.05) is 39.0 Å². The summed E-state index contributed by atoms with van der Waals surface area (Å²) in [6.45, 7) is 14.8. The van der Waals surface area contributed by atoms with E-state index < -0.39 is 6.04 Å². The molecule has 4 aliphatic heterocycles. The lowest BCUT2D eigenvalue weighted by atomic mass is 9.67. The number of hydrogen-bond donors (Lipinski definition) is 2. The van der Waals surface area contributed by atoms with E-state index in [4.69, 9.17) is 0 Å². The molecule has 280 valence electrons. The van der Waals surface area contributed by atoms with Crippen LogP contribution in [0.2, 0.25) is 0 Å². The number of anilines is 2. The lowest BCUT2D eigenvalue weighted by Gasteiger charge is -2.40. The molecule has 0 saturated carbocycles. The first-order valence-electron chi connectivity index (χ1n) is 19.9. The van der Waals surface area contributed by atoms with E-state index in [0.717, 1.165) is 69.9 Å². The third-order valence-corrected chi connectivity index (χ3v) is 12.6. The first-order chi connectivity index (χ1) is 25.5. The topological polar surface area (TPSA) is 96.4 Å². The summed E-state index contributed by atoms with van der Waals surface area (Å²) in [7, 11) is 0. The van der Waals surface area contributed by atoms with Crippen LogP contribution in [0.25, 0.3) is 0 Å². The number of carbonyl (C=O) groups is 3. The predicted octanol–water partition coefficient (Wildman–Crippen LogP) is 6.32. The van der Waals surface area contributed by atoms with Crippen molar-refractivity contribution < 1.29 is 19.5 Å². The molecule has 3 fully saturated rings. The molecule has 3 aromatic carbocycles. The summed E-state index contributed by atoms with van der Waals surface area (Å²) in [6.07, 6.45) is 6.44. The van der Waals surface area contributed by atoms with Crippen molar-refractivity contribution in [1.82, 2.24) is 15.1 Å². The molecule has 1 aliphatic carbocycles. The number of hydrogen-bond acceptors (Lipinski definition) is 7. The minimum absolute atomic E-state index is 0.119. The third kappa shape index (κ3) is 7.55. The van der Waals surface area contributed by atoms with Gasteiger partial charge in [0.25, 0.3) is 5.91 Å². The van der Waals surface area contributed by atoms with Crippen molar-refractivity contribution in [2.45, 2.75) is 84.2 Å². The van der Waals surface area contributed by atoms with Gasteiger partial charge in [-0.3, -0.25) is 24.6 Å². The van der Waals surface area contributed by atoms with E-state index in [2.05, 4.69) is 77.2 Å². The summed E-state index contributed by atoms with van der Waals surface area (Å²) in [5, 5.41) is 12.6. The summed E-state index contributed by atoms with van der Waals surface area (Å²) in [4.78, 5) is 46.5. The van der Waals surface area contributed by atoms with Crippen molar-refractivity contribution in [3.05, 3.63) is 88.5 Å². The van der Waals surface area contributed by atoms with Crippen LogP contribution in [-0.4, -0.2) is 84.5 Å². The highest BCUT2D eigenvalue weighted by atomic mass is 16.3. The van der Waals surface area contributed by atoms with Crippen LogP contribution in [0, 0.1) is 17.3 Å². The lowest BCUT2D eigenvalue weighted by molar-refractivity contribution is -0.136. The Bertz CT molecular complexity index is 1850. The highest BCUT2D eigenvalue weighted by Gasteiger charge is 2.39. The van der Waals surface area contributed by atoms with Crippen LogP contribution in [0.15, 0.2) is 60.7 Å². The van der Waals surface area contributed by atoms with E-state index in [1.165, 1.54) is 41.6 Å². The van der Waals surface area contributed by atoms with Gasteiger partial charge in [-0.15, -0.1) is 0 Å². The quantitative estimate of drug-likeness (QED) is 0.276. The van der Waals surface area contributed by atoms with Gasteiger partial charge in [-0.25, -0.2) is 0 Å². The van der Waals surface area contributed by atoms with E-state index in [1.807, 2.05) is 24.3 Å². The average molecular weight is 718 g/mol. The number of imide groups is 1. The normalized spacial score (nSPS) is 24.3. The van der Waals surface area contributed by atoms with Crippen LogP contribution in [0.3, 0.4) is 0 Å². The van der Waals surface area contributed by atoms with Crippen LogP contribution in [0.1, 0.15) is 97.8 Å². The van der Waals surface area contributed by atoms with E-state index >= 15 is 0 Å². The van der Waals surface area contributed by atoms with Gasteiger partial charge in [0.2, 0.25) is 11.8 Å². The van der Waals surface area contributed by atoms with Gasteiger partial charge in [-0.2, -0.15) is 0 Å². The average Bonchev–Trinajstić information content (AvgIpc) is 3.46. The smallest absolute Gasteiger partial charge is 0.255 e. The summed E-state index contributed by atoms with van der Waals surface area (Å²) < 4.78 is 0. The van der Waals surface area contributed by atoms with Crippen LogP contribution in [-0.2, 0) is 22.6 Å². The van der Waals surface area contributed by atoms with E-state index in [9.17, 15) is 19.5 Å². The van der Waals surface area contributed by atoms with Gasteiger partial charge >= 0.3 is 0 Å². The van der Waals surface area contributed by atoms with Crippen LogP contribution < -0.4 is 15.1 Å². The first-order valence-corrected chi connectivity index (χ1v) is 19.9. The maximum atomic E-state index is 13.1. The monoisotopic (exact) mass is 717 g/mol. The van der Waals surface area contributed by atoms with Gasteiger partial charge in [0.05, 0.1) is 0 Å². The summed E-state index contributed by atoms with van der Waals surface area (Å²) in [5.41, 5.74) is 8.45. The number of aryl methyl sites for hydroxylation is 1. The minimum atomic E-state index is -0.582. The largest absolute Gasteiger partial charge is 0.508 e. The lowest BCUT2D eigenvalue weighted by Crippen LogP contribution is -2.52. The summed E-state index contributed by atoms with van der Waals surface area (Å²) in [6, 6.07) is 21.0. The number of nitrogens with zero attached hydrogens (tertiary/aromatic N) is 4. The molecule has 0 unspecified atom stereocenters. The van der Waals surface area contributed by atoms with E-state index in [0.29, 0.717) is 42.0 Å². The second kappa shape index (κ2) is 14.5. The molecule has 0 spiro atoms. The van der Waals surface area contributed by atoms with Gasteiger partial charge in [0, 0.05) is 81.6 Å². The maximum Gasteiger partial charge on any atom is 0.255 e. The zero-order valence-electron chi connectivity index (χ0n) is 31.7. The number of phenolic OH excluding ortho intramolecular Hbond substituents is 1. The second-order valence-electron chi connectivity index (χ2n) is 17.5. The molecular formula is C44H55N5O4. The molecule has 3 amide bonds. The Morgan fingerprint density at radius 1 is 0.755 bits per heavy atom. The van der Waals surface area contributed by atoms with Gasteiger partial charge in [-0.05, 0) is 120 Å². The summed E-state index contributed by atoms with van der Waals surface area (Å²) in [5.74, 6) is 1.28. The molecule has 4 heterocycles. The fraction of sp³-hybridized carbons (Fsp3) is 0.523. The number of carbonyl (C=O) groups excluding carboxylic acids is 3. The standard InChI is InChI=1S/C44H55N5O4/c1-44(2,3)26-32-5-4-31-25-36(50)11-13-37(31)41(32)30-6-8-34(9-7-30)47-18-16-29(17-19-47)27-46-20-22-48(23-21-46)35-10-12-38-33(24-35)28-49(43(38)53)39-14-15-40(51)45-42(39)52/h6-13,24-25,29,32,39,41,50H,4-5,14-23,26-28H2,1-3H3,(H,45,51,52)/t32-,39-,41+/m0/s1. The third-order valence-electron chi connectivity index (χ3n) is 12.6. The Morgan fingerprint density at radius 2 is 1.47 bits per heavy atom. The fourth-order valence-corrected chi connectivity index (χ4v) is 9.91. The minimum Gasteiger partial charge on any atom is -0.508 e. The molecule has 53 heavy (non-hydrogen) atoms. The van der Waals surface area contributed by atoms with Crippen molar-refractivity contribution in [1.29, 1.82) is 0 Å². The van der Waals surface area contributed by atoms with Crippen LogP contribution >= 0.6 is 0 Å². The molecule has 3 aromatic rings.